The molecule has 1 unspecified atom stereocenters. The lowest BCUT2D eigenvalue weighted by molar-refractivity contribution is -0.144. The van der Waals surface area contributed by atoms with Gasteiger partial charge in [0.15, 0.2) is 5.92 Å². The summed E-state index contributed by atoms with van der Waals surface area (Å²) in [7, 11) is 0. The van der Waals surface area contributed by atoms with Gasteiger partial charge >= 0.3 is 11.9 Å². The Labute approximate surface area is 115 Å². The van der Waals surface area contributed by atoms with Gasteiger partial charge in [-0.05, 0) is 26.0 Å². The van der Waals surface area contributed by atoms with Crippen molar-refractivity contribution in [3.63, 3.8) is 0 Å². The monoisotopic (exact) mass is 280 g/mol. The van der Waals surface area contributed by atoms with Gasteiger partial charge < -0.3 is 9.47 Å². The van der Waals surface area contributed by atoms with E-state index in [9.17, 15) is 14.0 Å². The average Bonchev–Trinajstić information content (AvgIpc) is 2.42. The molecule has 0 amide bonds. The first-order valence-corrected chi connectivity index (χ1v) is 5.72. The summed E-state index contributed by atoms with van der Waals surface area (Å²) in [5.74, 6) is -4.42. The van der Waals surface area contributed by atoms with Gasteiger partial charge in [0.05, 0.1) is 19.3 Å². The van der Waals surface area contributed by atoms with Crippen molar-refractivity contribution in [3.05, 3.63) is 23.6 Å². The Morgan fingerprint density at radius 1 is 1.25 bits per heavy atom. The summed E-state index contributed by atoms with van der Waals surface area (Å²) >= 11 is 0. The van der Waals surface area contributed by atoms with E-state index >= 15 is 0 Å². The van der Waals surface area contributed by atoms with Crippen molar-refractivity contribution >= 4 is 11.9 Å². The van der Waals surface area contributed by atoms with Crippen molar-refractivity contribution in [1.29, 1.82) is 10.5 Å². The molecule has 0 fully saturated rings. The molecule has 0 bridgehead atoms. The van der Waals surface area contributed by atoms with E-state index < -0.39 is 29.3 Å². The Kier molecular flexibility index (Phi) is 8.05. The summed E-state index contributed by atoms with van der Waals surface area (Å²) in [5.41, 5.74) is -0.568. The van der Waals surface area contributed by atoms with Gasteiger partial charge in [0.2, 0.25) is 0 Å². The Balaban J connectivity index is 5.12. The molecule has 0 radical (unpaired) electrons. The quantitative estimate of drug-likeness (QED) is 0.317. The molecule has 1 atom stereocenters. The van der Waals surface area contributed by atoms with Crippen LogP contribution in [0.15, 0.2) is 23.6 Å². The maximum Gasteiger partial charge on any atom is 0.348 e. The fraction of sp³-hybridized carbons (Fsp3) is 0.385. The van der Waals surface area contributed by atoms with Crippen LogP contribution in [0.5, 0.6) is 0 Å². The smallest absolute Gasteiger partial charge is 0.348 e. The van der Waals surface area contributed by atoms with Gasteiger partial charge in [0.1, 0.15) is 17.5 Å². The van der Waals surface area contributed by atoms with Gasteiger partial charge in [-0.2, -0.15) is 10.5 Å². The van der Waals surface area contributed by atoms with Crippen molar-refractivity contribution in [2.75, 3.05) is 13.2 Å². The number of esters is 2. The Hall–Kier alpha value is -2.67. The molecule has 0 aromatic heterocycles. The molecule has 0 aromatic carbocycles. The minimum atomic E-state index is -1.45. The number of carbonyl (C=O) groups is 2. The zero-order valence-electron chi connectivity index (χ0n) is 11.1. The summed E-state index contributed by atoms with van der Waals surface area (Å²) in [6.07, 6.45) is 1.26. The normalized spacial score (nSPS) is 12.8. The largest absolute Gasteiger partial charge is 0.465 e. The zero-order chi connectivity index (χ0) is 15.5. The first kappa shape index (κ1) is 17.3. The number of nitrogens with zero attached hydrogens (tertiary/aromatic N) is 2. The molecule has 0 saturated carbocycles. The summed E-state index contributed by atoms with van der Waals surface area (Å²) < 4.78 is 22.6. The zero-order valence-corrected chi connectivity index (χ0v) is 11.1. The standard InChI is InChI=1S/C13H13FN2O4/c1-3-19-12(17)9(7-15)5-11(14)6-10(8-16)13(18)20-4-2/h5-6,9H,3-4H2,1-2H3/b10-6+,11-5-. The molecule has 0 aromatic rings. The highest BCUT2D eigenvalue weighted by molar-refractivity contribution is 5.93. The third kappa shape index (κ3) is 5.78. The molecular weight excluding hydrogens is 267 g/mol. The van der Waals surface area contributed by atoms with Crippen LogP contribution in [-0.4, -0.2) is 25.2 Å². The highest BCUT2D eigenvalue weighted by Gasteiger charge is 2.18. The fourth-order valence-corrected chi connectivity index (χ4v) is 1.08. The Morgan fingerprint density at radius 2 is 1.85 bits per heavy atom. The summed E-state index contributed by atoms with van der Waals surface area (Å²) in [4.78, 5) is 22.5. The first-order valence-electron chi connectivity index (χ1n) is 5.72. The lowest BCUT2D eigenvalue weighted by atomic mass is 10.1. The maximum absolute atomic E-state index is 13.5. The van der Waals surface area contributed by atoms with Crippen LogP contribution < -0.4 is 0 Å². The number of allylic oxidation sites excluding steroid dienone is 2. The number of hydrogen-bond acceptors (Lipinski definition) is 6. The van der Waals surface area contributed by atoms with E-state index in [0.717, 1.165) is 0 Å². The van der Waals surface area contributed by atoms with Crippen LogP contribution in [-0.2, 0) is 19.1 Å². The number of halogens is 1. The Morgan fingerprint density at radius 3 is 2.30 bits per heavy atom. The molecular formula is C13H13FN2O4. The molecule has 106 valence electrons. The molecule has 0 saturated heterocycles. The number of rotatable bonds is 6. The molecule has 0 N–H and O–H groups in total. The minimum Gasteiger partial charge on any atom is -0.465 e. The topological polar surface area (TPSA) is 100 Å². The van der Waals surface area contributed by atoms with E-state index in [0.29, 0.717) is 12.2 Å². The molecule has 0 aliphatic carbocycles. The third-order valence-electron chi connectivity index (χ3n) is 1.90. The van der Waals surface area contributed by atoms with E-state index in [4.69, 9.17) is 10.5 Å². The summed E-state index contributed by atoms with van der Waals surface area (Å²) in [6, 6.07) is 3.01. The van der Waals surface area contributed by atoms with E-state index in [1.165, 1.54) is 13.0 Å². The average molecular weight is 280 g/mol. The second-order valence-corrected chi connectivity index (χ2v) is 3.30. The number of carbonyl (C=O) groups excluding carboxylic acids is 2. The molecule has 0 rings (SSSR count). The number of ether oxygens (including phenoxy) is 2. The van der Waals surface area contributed by atoms with Crippen LogP contribution in [0.4, 0.5) is 4.39 Å². The summed E-state index contributed by atoms with van der Waals surface area (Å²) in [5, 5.41) is 17.4. The number of nitriles is 2. The van der Waals surface area contributed by atoms with Crippen LogP contribution in [0, 0.1) is 28.6 Å². The van der Waals surface area contributed by atoms with Crippen LogP contribution in [0.25, 0.3) is 0 Å². The lowest BCUT2D eigenvalue weighted by Crippen LogP contribution is -2.14. The highest BCUT2D eigenvalue weighted by Crippen LogP contribution is 2.11. The molecule has 0 heterocycles. The molecule has 6 nitrogen and oxygen atoms in total. The fourth-order valence-electron chi connectivity index (χ4n) is 1.08. The van der Waals surface area contributed by atoms with E-state index in [1.54, 1.807) is 13.0 Å². The van der Waals surface area contributed by atoms with Crippen molar-refractivity contribution < 1.29 is 23.5 Å². The van der Waals surface area contributed by atoms with E-state index in [2.05, 4.69) is 9.47 Å². The van der Waals surface area contributed by atoms with E-state index in [1.807, 2.05) is 0 Å². The van der Waals surface area contributed by atoms with Gasteiger partial charge in [-0.3, -0.25) is 4.79 Å². The maximum atomic E-state index is 13.5. The molecule has 20 heavy (non-hydrogen) atoms. The van der Waals surface area contributed by atoms with Crippen molar-refractivity contribution in [2.45, 2.75) is 13.8 Å². The second-order valence-electron chi connectivity index (χ2n) is 3.30. The molecule has 0 spiro atoms. The van der Waals surface area contributed by atoms with E-state index in [-0.39, 0.29) is 13.2 Å². The predicted molar refractivity (Wildman–Crippen MR) is 65.3 cm³/mol. The predicted octanol–water partition coefficient (Wildman–Crippen LogP) is 1.56. The lowest BCUT2D eigenvalue weighted by Gasteiger charge is -2.03. The minimum absolute atomic E-state index is 0.0346. The Bertz CT molecular complexity index is 511. The van der Waals surface area contributed by atoms with Gasteiger partial charge in [0, 0.05) is 0 Å². The SMILES string of the molecule is CCOC(=O)/C(C#N)=C/C(F)=C/C(C#N)C(=O)OCC. The van der Waals surface area contributed by atoms with Gasteiger partial charge in [-0.25, -0.2) is 9.18 Å². The summed E-state index contributed by atoms with van der Waals surface area (Å²) in [6.45, 7) is 3.16. The first-order chi connectivity index (χ1) is 9.49. The van der Waals surface area contributed by atoms with Gasteiger partial charge in [0.25, 0.3) is 0 Å². The molecule has 0 aliphatic heterocycles. The third-order valence-corrected chi connectivity index (χ3v) is 1.90. The van der Waals surface area contributed by atoms with Crippen molar-refractivity contribution in [3.8, 4) is 12.1 Å². The highest BCUT2D eigenvalue weighted by atomic mass is 19.1. The molecule has 7 heteroatoms. The van der Waals surface area contributed by atoms with Crippen LogP contribution in [0.2, 0.25) is 0 Å². The second kappa shape index (κ2) is 9.29. The van der Waals surface area contributed by atoms with Crippen molar-refractivity contribution in [1.82, 2.24) is 0 Å². The van der Waals surface area contributed by atoms with Gasteiger partial charge in [-0.15, -0.1) is 0 Å². The van der Waals surface area contributed by atoms with Gasteiger partial charge in [-0.1, -0.05) is 0 Å². The van der Waals surface area contributed by atoms with Crippen LogP contribution >= 0.6 is 0 Å². The van der Waals surface area contributed by atoms with Crippen LogP contribution in [0.3, 0.4) is 0 Å². The number of hydrogen-bond donors (Lipinski definition) is 0. The van der Waals surface area contributed by atoms with Crippen molar-refractivity contribution in [2.24, 2.45) is 5.92 Å². The molecule has 0 aliphatic rings. The van der Waals surface area contributed by atoms with Crippen LogP contribution in [0.1, 0.15) is 13.8 Å².